The molecule has 1 N–H and O–H groups in total. The van der Waals surface area contributed by atoms with Gasteiger partial charge in [-0.1, -0.05) is 19.1 Å². The highest BCUT2D eigenvalue weighted by atomic mass is 19.1. The van der Waals surface area contributed by atoms with E-state index in [1.54, 1.807) is 19.1 Å². The Morgan fingerprint density at radius 1 is 1.57 bits per heavy atom. The number of carbonyl (C=O) groups is 1. The second-order valence-corrected chi connectivity index (χ2v) is 3.22. The number of carboxylic acid groups (broad SMARTS) is 1. The van der Waals surface area contributed by atoms with Gasteiger partial charge in [-0.05, 0) is 30.5 Å². The van der Waals surface area contributed by atoms with Crippen molar-refractivity contribution in [3.63, 3.8) is 0 Å². The highest BCUT2D eigenvalue weighted by Crippen LogP contribution is 2.22. The highest BCUT2D eigenvalue weighted by Gasteiger charge is 2.18. The molecule has 1 aromatic rings. The fraction of sp³-hybridized carbons (Fsp3) is 0.364. The Morgan fingerprint density at radius 3 is 2.71 bits per heavy atom. The molecule has 0 spiro atoms. The van der Waals surface area contributed by atoms with Crippen LogP contribution >= 0.6 is 0 Å². The van der Waals surface area contributed by atoms with Gasteiger partial charge in [0.1, 0.15) is 5.82 Å². The number of hydrogen-bond donors (Lipinski definition) is 1. The molecular formula is C11H13FO2. The lowest BCUT2D eigenvalue weighted by Gasteiger charge is -2.12. The molecule has 0 aliphatic rings. The van der Waals surface area contributed by atoms with Crippen LogP contribution in [-0.2, 0) is 11.2 Å². The molecule has 76 valence electrons. The van der Waals surface area contributed by atoms with Crippen molar-refractivity contribution in [2.45, 2.75) is 26.2 Å². The third kappa shape index (κ3) is 1.92. The largest absolute Gasteiger partial charge is 0.481 e. The number of hydrogen-bond acceptors (Lipinski definition) is 1. The van der Waals surface area contributed by atoms with Crippen LogP contribution < -0.4 is 0 Å². The van der Waals surface area contributed by atoms with E-state index < -0.39 is 11.9 Å². The van der Waals surface area contributed by atoms with Crippen molar-refractivity contribution >= 4 is 5.97 Å². The zero-order valence-corrected chi connectivity index (χ0v) is 8.25. The summed E-state index contributed by atoms with van der Waals surface area (Å²) in [4.78, 5) is 10.8. The molecule has 0 aliphatic heterocycles. The lowest BCUT2D eigenvalue weighted by molar-refractivity contribution is -0.138. The maximum atomic E-state index is 13.3. The Labute approximate surface area is 82.4 Å². The van der Waals surface area contributed by atoms with Gasteiger partial charge in [-0.2, -0.15) is 0 Å². The van der Waals surface area contributed by atoms with Gasteiger partial charge in [-0.3, -0.25) is 4.79 Å². The van der Waals surface area contributed by atoms with Crippen molar-refractivity contribution < 1.29 is 14.3 Å². The van der Waals surface area contributed by atoms with Gasteiger partial charge in [0.2, 0.25) is 0 Å². The van der Waals surface area contributed by atoms with E-state index in [2.05, 4.69) is 0 Å². The summed E-state index contributed by atoms with van der Waals surface area (Å²) in [6.45, 7) is 3.38. The highest BCUT2D eigenvalue weighted by molar-refractivity contribution is 5.76. The third-order valence-electron chi connectivity index (χ3n) is 2.35. The van der Waals surface area contributed by atoms with E-state index in [0.29, 0.717) is 17.5 Å². The molecule has 0 aliphatic carbocycles. The molecule has 0 bridgehead atoms. The molecule has 0 amide bonds. The Bertz CT molecular complexity index is 347. The lowest BCUT2D eigenvalue weighted by Crippen LogP contribution is -2.10. The van der Waals surface area contributed by atoms with Gasteiger partial charge >= 0.3 is 5.97 Å². The number of halogens is 1. The summed E-state index contributed by atoms with van der Waals surface area (Å²) in [6.07, 6.45) is 0.514. The Balaban J connectivity index is 3.20. The smallest absolute Gasteiger partial charge is 0.310 e. The minimum Gasteiger partial charge on any atom is -0.481 e. The summed E-state index contributed by atoms with van der Waals surface area (Å²) >= 11 is 0. The predicted octanol–water partition coefficient (Wildman–Crippen LogP) is 2.58. The van der Waals surface area contributed by atoms with Crippen molar-refractivity contribution in [2.24, 2.45) is 0 Å². The second-order valence-electron chi connectivity index (χ2n) is 3.22. The molecule has 0 heterocycles. The number of rotatable bonds is 3. The first-order valence-electron chi connectivity index (χ1n) is 4.58. The molecule has 2 nitrogen and oxygen atoms in total. The van der Waals surface area contributed by atoms with Crippen molar-refractivity contribution in [3.8, 4) is 0 Å². The molecule has 3 heteroatoms. The van der Waals surface area contributed by atoms with Crippen LogP contribution in [0, 0.1) is 5.82 Å². The van der Waals surface area contributed by atoms with E-state index in [9.17, 15) is 9.18 Å². The number of benzene rings is 1. The number of carboxylic acids is 1. The SMILES string of the molecule is CCc1c(F)cccc1C(C)C(=O)O. The molecule has 0 aromatic heterocycles. The average Bonchev–Trinajstić information content (AvgIpc) is 2.16. The Kier molecular flexibility index (Phi) is 3.23. The van der Waals surface area contributed by atoms with Gasteiger partial charge in [0, 0.05) is 0 Å². The van der Waals surface area contributed by atoms with E-state index in [1.165, 1.54) is 6.07 Å². The van der Waals surface area contributed by atoms with Crippen molar-refractivity contribution in [2.75, 3.05) is 0 Å². The Morgan fingerprint density at radius 2 is 2.21 bits per heavy atom. The summed E-state index contributed by atoms with van der Waals surface area (Å²) in [5.74, 6) is -1.90. The first-order chi connectivity index (χ1) is 6.57. The van der Waals surface area contributed by atoms with Crippen LogP contribution in [0.1, 0.15) is 30.9 Å². The van der Waals surface area contributed by atoms with Gasteiger partial charge in [0.15, 0.2) is 0 Å². The first-order valence-corrected chi connectivity index (χ1v) is 4.58. The second kappa shape index (κ2) is 4.22. The molecule has 0 saturated heterocycles. The standard InChI is InChI=1S/C11H13FO2/c1-3-8-9(7(2)11(13)14)5-4-6-10(8)12/h4-7H,3H2,1-2H3,(H,13,14). The molecule has 0 radical (unpaired) electrons. The zero-order valence-electron chi connectivity index (χ0n) is 8.25. The van der Waals surface area contributed by atoms with E-state index >= 15 is 0 Å². The fourth-order valence-corrected chi connectivity index (χ4v) is 1.49. The van der Waals surface area contributed by atoms with E-state index in [1.807, 2.05) is 6.92 Å². The summed E-state index contributed by atoms with van der Waals surface area (Å²) in [7, 11) is 0. The normalized spacial score (nSPS) is 12.5. The van der Waals surface area contributed by atoms with Crippen LogP contribution in [0.5, 0.6) is 0 Å². The molecule has 1 rings (SSSR count). The van der Waals surface area contributed by atoms with E-state index in [-0.39, 0.29) is 5.82 Å². The summed E-state index contributed by atoms with van der Waals surface area (Å²) in [6, 6.07) is 4.57. The first kappa shape index (κ1) is 10.7. The third-order valence-corrected chi connectivity index (χ3v) is 2.35. The van der Waals surface area contributed by atoms with E-state index in [4.69, 9.17) is 5.11 Å². The molecular weight excluding hydrogens is 183 g/mol. The average molecular weight is 196 g/mol. The van der Waals surface area contributed by atoms with Crippen LogP contribution in [0.2, 0.25) is 0 Å². The topological polar surface area (TPSA) is 37.3 Å². The van der Waals surface area contributed by atoms with Gasteiger partial charge in [-0.25, -0.2) is 4.39 Å². The van der Waals surface area contributed by atoms with Gasteiger partial charge < -0.3 is 5.11 Å². The predicted molar refractivity (Wildman–Crippen MR) is 51.8 cm³/mol. The van der Waals surface area contributed by atoms with Crippen LogP contribution in [0.3, 0.4) is 0 Å². The van der Waals surface area contributed by atoms with Crippen molar-refractivity contribution in [1.29, 1.82) is 0 Å². The van der Waals surface area contributed by atoms with Crippen LogP contribution in [0.15, 0.2) is 18.2 Å². The maximum Gasteiger partial charge on any atom is 0.310 e. The fourth-order valence-electron chi connectivity index (χ4n) is 1.49. The van der Waals surface area contributed by atoms with Gasteiger partial charge in [0.05, 0.1) is 5.92 Å². The van der Waals surface area contributed by atoms with Crippen LogP contribution in [0.25, 0.3) is 0 Å². The van der Waals surface area contributed by atoms with Crippen LogP contribution in [0.4, 0.5) is 4.39 Å². The lowest BCUT2D eigenvalue weighted by atomic mass is 9.94. The molecule has 0 saturated carbocycles. The minimum atomic E-state index is -0.926. The van der Waals surface area contributed by atoms with Crippen molar-refractivity contribution in [1.82, 2.24) is 0 Å². The zero-order chi connectivity index (χ0) is 10.7. The molecule has 0 fully saturated rings. The van der Waals surface area contributed by atoms with Crippen LogP contribution in [-0.4, -0.2) is 11.1 Å². The van der Waals surface area contributed by atoms with Gasteiger partial charge in [0.25, 0.3) is 0 Å². The quantitative estimate of drug-likeness (QED) is 0.806. The number of aliphatic carboxylic acids is 1. The summed E-state index contributed by atoms with van der Waals surface area (Å²) in [5.41, 5.74) is 1.07. The Hall–Kier alpha value is -1.38. The summed E-state index contributed by atoms with van der Waals surface area (Å²) in [5, 5.41) is 8.82. The monoisotopic (exact) mass is 196 g/mol. The van der Waals surface area contributed by atoms with E-state index in [0.717, 1.165) is 0 Å². The molecule has 1 atom stereocenters. The molecule has 14 heavy (non-hydrogen) atoms. The molecule has 1 aromatic carbocycles. The minimum absolute atomic E-state index is 0.321. The maximum absolute atomic E-state index is 13.3. The van der Waals surface area contributed by atoms with Crippen molar-refractivity contribution in [3.05, 3.63) is 35.1 Å². The van der Waals surface area contributed by atoms with Gasteiger partial charge in [-0.15, -0.1) is 0 Å². The summed E-state index contributed by atoms with van der Waals surface area (Å²) < 4.78 is 13.3. The molecule has 1 unspecified atom stereocenters.